The highest BCUT2D eigenvalue weighted by Crippen LogP contribution is 2.34. The van der Waals surface area contributed by atoms with Gasteiger partial charge in [-0.05, 0) is 37.0 Å². The van der Waals surface area contributed by atoms with Gasteiger partial charge < -0.3 is 5.32 Å². The van der Waals surface area contributed by atoms with E-state index >= 15 is 0 Å². The Morgan fingerprint density at radius 1 is 1.12 bits per heavy atom. The molecule has 2 atom stereocenters. The van der Waals surface area contributed by atoms with Gasteiger partial charge in [0.2, 0.25) is 17.7 Å². The van der Waals surface area contributed by atoms with Crippen LogP contribution in [0.1, 0.15) is 18.4 Å². The van der Waals surface area contributed by atoms with Gasteiger partial charge in [0.05, 0.1) is 11.8 Å². The maximum atomic E-state index is 12.3. The molecule has 1 aromatic rings. The van der Waals surface area contributed by atoms with Crippen LogP contribution >= 0.6 is 23.2 Å². The lowest BCUT2D eigenvalue weighted by molar-refractivity contribution is -0.143. The molecule has 1 aliphatic carbocycles. The number of imide groups is 1. The van der Waals surface area contributed by atoms with Crippen molar-refractivity contribution >= 4 is 40.9 Å². The van der Waals surface area contributed by atoms with Gasteiger partial charge >= 0.3 is 0 Å². The van der Waals surface area contributed by atoms with Gasteiger partial charge in [-0.25, -0.2) is 0 Å². The molecule has 7 heteroatoms. The Hall–Kier alpha value is -1.85. The first kappa shape index (κ1) is 18.0. The van der Waals surface area contributed by atoms with E-state index in [-0.39, 0.29) is 36.1 Å². The van der Waals surface area contributed by atoms with Gasteiger partial charge in [-0.1, -0.05) is 41.4 Å². The number of likely N-dealkylation sites (tertiary alicyclic amines) is 1. The monoisotopic (exact) mass is 380 g/mol. The average Bonchev–Trinajstić information content (AvgIpc) is 2.82. The minimum Gasteiger partial charge on any atom is -0.354 e. The van der Waals surface area contributed by atoms with Crippen LogP contribution in [0.15, 0.2) is 30.4 Å². The van der Waals surface area contributed by atoms with E-state index in [1.807, 2.05) is 18.2 Å². The number of hydrogen-bond donors (Lipinski definition) is 1. The number of halogens is 2. The Kier molecular flexibility index (Phi) is 5.45. The van der Waals surface area contributed by atoms with Crippen molar-refractivity contribution in [3.05, 3.63) is 46.0 Å². The van der Waals surface area contributed by atoms with Gasteiger partial charge in [-0.15, -0.1) is 0 Å². The maximum Gasteiger partial charge on any atom is 0.240 e. The molecule has 1 saturated heterocycles. The molecule has 5 nitrogen and oxygen atoms in total. The molecule has 0 unspecified atom stereocenters. The fraction of sp³-hybridized carbons (Fsp3) is 0.389. The topological polar surface area (TPSA) is 66.5 Å². The van der Waals surface area contributed by atoms with Crippen molar-refractivity contribution in [3.8, 4) is 0 Å². The van der Waals surface area contributed by atoms with Crippen molar-refractivity contribution in [2.45, 2.75) is 19.3 Å². The highest BCUT2D eigenvalue weighted by atomic mass is 35.5. The summed E-state index contributed by atoms with van der Waals surface area (Å²) >= 11 is 11.9. The second kappa shape index (κ2) is 7.58. The molecule has 3 rings (SSSR count). The van der Waals surface area contributed by atoms with E-state index in [1.165, 1.54) is 0 Å². The van der Waals surface area contributed by atoms with Gasteiger partial charge in [0.25, 0.3) is 0 Å². The fourth-order valence-corrected chi connectivity index (χ4v) is 3.79. The summed E-state index contributed by atoms with van der Waals surface area (Å²) in [5.41, 5.74) is 0.872. The summed E-state index contributed by atoms with van der Waals surface area (Å²) in [5, 5.41) is 3.83. The minimum atomic E-state index is -0.349. The van der Waals surface area contributed by atoms with E-state index in [0.29, 0.717) is 35.9 Å². The maximum absolute atomic E-state index is 12.3. The normalized spacial score (nSPS) is 22.2. The van der Waals surface area contributed by atoms with Gasteiger partial charge in [-0.2, -0.15) is 0 Å². The van der Waals surface area contributed by atoms with Crippen LogP contribution in [0.25, 0.3) is 0 Å². The molecule has 0 spiro atoms. The van der Waals surface area contributed by atoms with Crippen molar-refractivity contribution in [3.63, 3.8) is 0 Å². The molecular formula is C18H18Cl2N2O3. The Morgan fingerprint density at radius 3 is 2.36 bits per heavy atom. The van der Waals surface area contributed by atoms with Crippen molar-refractivity contribution in [1.82, 2.24) is 10.2 Å². The zero-order chi connectivity index (χ0) is 18.0. The Morgan fingerprint density at radius 2 is 1.76 bits per heavy atom. The van der Waals surface area contributed by atoms with Crippen LogP contribution in [-0.4, -0.2) is 35.7 Å². The third kappa shape index (κ3) is 3.88. The summed E-state index contributed by atoms with van der Waals surface area (Å²) in [5.74, 6) is -1.44. The predicted octanol–water partition coefficient (Wildman–Crippen LogP) is 2.60. The van der Waals surface area contributed by atoms with Crippen LogP contribution in [-0.2, 0) is 20.8 Å². The van der Waals surface area contributed by atoms with Crippen molar-refractivity contribution in [1.29, 1.82) is 0 Å². The van der Waals surface area contributed by atoms with E-state index in [1.54, 1.807) is 12.1 Å². The van der Waals surface area contributed by atoms with Crippen LogP contribution in [0.3, 0.4) is 0 Å². The highest BCUT2D eigenvalue weighted by Gasteiger charge is 2.47. The van der Waals surface area contributed by atoms with Gasteiger partial charge in [0.1, 0.15) is 6.54 Å². The van der Waals surface area contributed by atoms with Crippen molar-refractivity contribution in [2.75, 3.05) is 13.1 Å². The first-order valence-electron chi connectivity index (χ1n) is 8.18. The molecule has 1 fully saturated rings. The number of rotatable bonds is 5. The van der Waals surface area contributed by atoms with Gasteiger partial charge in [-0.3, -0.25) is 19.3 Å². The first-order valence-corrected chi connectivity index (χ1v) is 8.94. The molecule has 2 aliphatic rings. The number of allylic oxidation sites excluding steroid dienone is 2. The summed E-state index contributed by atoms with van der Waals surface area (Å²) in [6.45, 7) is 0.143. The third-order valence-corrected chi connectivity index (χ3v) is 5.22. The molecular weight excluding hydrogens is 363 g/mol. The van der Waals surface area contributed by atoms with E-state index < -0.39 is 0 Å². The van der Waals surface area contributed by atoms with Gasteiger partial charge in [0.15, 0.2) is 0 Å². The number of benzene rings is 1. The summed E-state index contributed by atoms with van der Waals surface area (Å²) in [4.78, 5) is 37.8. The van der Waals surface area contributed by atoms with E-state index in [4.69, 9.17) is 23.2 Å². The molecule has 0 bridgehead atoms. The largest absolute Gasteiger partial charge is 0.354 e. The second-order valence-electron chi connectivity index (χ2n) is 6.25. The SMILES string of the molecule is O=C(CN1C(=O)[C@@H]2CC=CC[C@H]2C1=O)NCCc1ccc(Cl)cc1Cl. The number of carbonyl (C=O) groups is 3. The Labute approximate surface area is 156 Å². The van der Waals surface area contributed by atoms with Crippen molar-refractivity contribution < 1.29 is 14.4 Å². The summed E-state index contributed by atoms with van der Waals surface area (Å²) in [7, 11) is 0. The van der Waals surface area contributed by atoms with E-state index in [9.17, 15) is 14.4 Å². The molecule has 1 N–H and O–H groups in total. The number of nitrogens with one attached hydrogen (secondary N) is 1. The summed E-state index contributed by atoms with van der Waals surface area (Å²) in [6.07, 6.45) is 5.53. The van der Waals surface area contributed by atoms with Gasteiger partial charge in [0, 0.05) is 16.6 Å². The number of hydrogen-bond acceptors (Lipinski definition) is 3. The summed E-state index contributed by atoms with van der Waals surface area (Å²) < 4.78 is 0. The molecule has 0 radical (unpaired) electrons. The summed E-state index contributed by atoms with van der Waals surface area (Å²) in [6, 6.07) is 5.20. The third-order valence-electron chi connectivity index (χ3n) is 4.63. The van der Waals surface area contributed by atoms with Crippen LogP contribution in [0.2, 0.25) is 10.0 Å². The molecule has 1 aliphatic heterocycles. The first-order chi connectivity index (χ1) is 12.0. The van der Waals surface area contributed by atoms with E-state index in [2.05, 4.69) is 5.32 Å². The van der Waals surface area contributed by atoms with E-state index in [0.717, 1.165) is 10.5 Å². The van der Waals surface area contributed by atoms with Crippen LogP contribution in [0.4, 0.5) is 0 Å². The smallest absolute Gasteiger partial charge is 0.240 e. The van der Waals surface area contributed by atoms with Crippen LogP contribution < -0.4 is 5.32 Å². The number of amides is 3. The lowest BCUT2D eigenvalue weighted by atomic mass is 9.85. The molecule has 0 saturated carbocycles. The standard InChI is InChI=1S/C18H18Cl2N2O3/c19-12-6-5-11(15(20)9-12)7-8-21-16(23)10-22-17(24)13-3-1-2-4-14(13)18(22)25/h1-2,5-6,9,13-14H,3-4,7-8,10H2,(H,21,23)/t13-,14-/m1/s1. The van der Waals surface area contributed by atoms with Crippen LogP contribution in [0, 0.1) is 11.8 Å². The second-order valence-corrected chi connectivity index (χ2v) is 7.10. The zero-order valence-electron chi connectivity index (χ0n) is 13.5. The molecule has 1 aromatic carbocycles. The fourth-order valence-electron chi connectivity index (χ4n) is 3.29. The molecule has 3 amide bonds. The number of carbonyl (C=O) groups excluding carboxylic acids is 3. The lowest BCUT2D eigenvalue weighted by Gasteiger charge is -2.14. The molecule has 1 heterocycles. The van der Waals surface area contributed by atoms with Crippen molar-refractivity contribution in [2.24, 2.45) is 11.8 Å². The average molecular weight is 381 g/mol. The lowest BCUT2D eigenvalue weighted by Crippen LogP contribution is -2.41. The Bertz CT molecular complexity index is 722. The van der Waals surface area contributed by atoms with Crippen LogP contribution in [0.5, 0.6) is 0 Å². The molecule has 132 valence electrons. The highest BCUT2D eigenvalue weighted by molar-refractivity contribution is 6.35. The number of fused-ring (bicyclic) bond motifs is 1. The predicted molar refractivity (Wildman–Crippen MR) is 95.2 cm³/mol. The zero-order valence-corrected chi connectivity index (χ0v) is 15.0. The quantitative estimate of drug-likeness (QED) is 0.630. The Balaban J connectivity index is 1.51. The minimum absolute atomic E-state index is 0.223. The molecule has 0 aromatic heterocycles. The molecule has 25 heavy (non-hydrogen) atoms. The number of nitrogens with zero attached hydrogens (tertiary/aromatic N) is 1.